The number of nitrogens with one attached hydrogen (secondary N) is 1. The molecule has 3 unspecified atom stereocenters. The van der Waals surface area contributed by atoms with Crippen LogP contribution in [0, 0.1) is 0 Å². The van der Waals surface area contributed by atoms with Crippen molar-refractivity contribution in [2.75, 3.05) is 6.61 Å². The fraction of sp³-hybridized carbons (Fsp3) is 0.917. The van der Waals surface area contributed by atoms with Crippen molar-refractivity contribution in [1.82, 2.24) is 5.32 Å². The molecule has 0 aromatic rings. The first-order valence-corrected chi connectivity index (χ1v) is 6.03. The first kappa shape index (κ1) is 15.4. The van der Waals surface area contributed by atoms with Crippen LogP contribution in [-0.2, 0) is 9.53 Å². The van der Waals surface area contributed by atoms with Crippen molar-refractivity contribution in [2.24, 2.45) is 5.73 Å². The molecule has 0 bridgehead atoms. The molecule has 0 spiro atoms. The lowest BCUT2D eigenvalue weighted by atomic mass is 10.0. The van der Waals surface area contributed by atoms with Crippen LogP contribution in [0.3, 0.4) is 0 Å². The molecule has 0 radical (unpaired) electrons. The monoisotopic (exact) mass is 230 g/mol. The van der Waals surface area contributed by atoms with Crippen molar-refractivity contribution in [2.45, 2.75) is 65.1 Å². The van der Waals surface area contributed by atoms with Crippen LogP contribution in [0.2, 0.25) is 0 Å². The fourth-order valence-corrected chi connectivity index (χ4v) is 0.955. The second-order valence-corrected chi connectivity index (χ2v) is 4.78. The highest BCUT2D eigenvalue weighted by molar-refractivity contribution is 5.80. The number of carbonyl (C=O) groups excluding carboxylic acids is 1. The molecular formula is C12H26N2O2. The number of rotatable bonds is 7. The number of amides is 1. The van der Waals surface area contributed by atoms with E-state index < -0.39 is 6.10 Å². The number of ether oxygens (including phenoxy) is 1. The number of nitrogens with two attached hydrogens (primary N) is 1. The van der Waals surface area contributed by atoms with Crippen molar-refractivity contribution >= 4 is 5.91 Å². The number of hydrogen-bond acceptors (Lipinski definition) is 3. The number of hydrogen-bond donors (Lipinski definition) is 2. The molecule has 1 amide bonds. The van der Waals surface area contributed by atoms with E-state index in [4.69, 9.17) is 10.5 Å². The van der Waals surface area contributed by atoms with Gasteiger partial charge in [0.2, 0.25) is 5.91 Å². The van der Waals surface area contributed by atoms with Gasteiger partial charge in [-0.25, -0.2) is 0 Å². The Kier molecular flexibility index (Phi) is 6.60. The van der Waals surface area contributed by atoms with E-state index in [-0.39, 0.29) is 17.5 Å². The van der Waals surface area contributed by atoms with Crippen LogP contribution in [0.15, 0.2) is 0 Å². The van der Waals surface area contributed by atoms with Gasteiger partial charge < -0.3 is 15.8 Å². The van der Waals surface area contributed by atoms with Crippen LogP contribution in [-0.4, -0.2) is 30.2 Å². The standard InChI is InChI=1S/C12H26N2O2/c1-6-9(3)14-11(15)10(4)16-8-12(5,13)7-2/h9-10H,6-8,13H2,1-5H3,(H,14,15). The summed E-state index contributed by atoms with van der Waals surface area (Å²) in [4.78, 5) is 11.6. The van der Waals surface area contributed by atoms with E-state index in [9.17, 15) is 4.79 Å². The molecule has 0 aromatic heterocycles. The summed E-state index contributed by atoms with van der Waals surface area (Å²) >= 11 is 0. The molecule has 0 fully saturated rings. The zero-order valence-electron chi connectivity index (χ0n) is 11.2. The van der Waals surface area contributed by atoms with Crippen molar-refractivity contribution in [1.29, 1.82) is 0 Å². The molecule has 4 heteroatoms. The summed E-state index contributed by atoms with van der Waals surface area (Å²) in [5.74, 6) is -0.0683. The van der Waals surface area contributed by atoms with Crippen molar-refractivity contribution in [3.63, 3.8) is 0 Å². The second-order valence-electron chi connectivity index (χ2n) is 4.78. The minimum absolute atomic E-state index is 0.0683. The van der Waals surface area contributed by atoms with Crippen LogP contribution in [0.25, 0.3) is 0 Å². The largest absolute Gasteiger partial charge is 0.367 e. The Bertz CT molecular complexity index is 217. The molecular weight excluding hydrogens is 204 g/mol. The Morgan fingerprint density at radius 2 is 2.00 bits per heavy atom. The summed E-state index contributed by atoms with van der Waals surface area (Å²) < 4.78 is 5.47. The summed E-state index contributed by atoms with van der Waals surface area (Å²) in [6.07, 6.45) is 1.30. The summed E-state index contributed by atoms with van der Waals surface area (Å²) in [5, 5.41) is 2.88. The maximum atomic E-state index is 11.6. The summed E-state index contributed by atoms with van der Waals surface area (Å²) in [5.41, 5.74) is 5.58. The third-order valence-corrected chi connectivity index (χ3v) is 2.84. The summed E-state index contributed by atoms with van der Waals surface area (Å²) in [7, 11) is 0. The van der Waals surface area contributed by atoms with Gasteiger partial charge in [0.25, 0.3) is 0 Å². The third kappa shape index (κ3) is 6.08. The first-order chi connectivity index (χ1) is 7.32. The van der Waals surface area contributed by atoms with Gasteiger partial charge in [0.15, 0.2) is 0 Å². The zero-order chi connectivity index (χ0) is 12.8. The molecule has 0 heterocycles. The van der Waals surface area contributed by atoms with E-state index in [1.54, 1.807) is 6.92 Å². The molecule has 4 nitrogen and oxygen atoms in total. The molecule has 0 aliphatic carbocycles. The van der Waals surface area contributed by atoms with E-state index in [0.717, 1.165) is 12.8 Å². The molecule has 96 valence electrons. The van der Waals surface area contributed by atoms with E-state index in [0.29, 0.717) is 6.61 Å². The van der Waals surface area contributed by atoms with E-state index in [1.807, 2.05) is 27.7 Å². The van der Waals surface area contributed by atoms with Gasteiger partial charge in [0.05, 0.1) is 6.61 Å². The smallest absolute Gasteiger partial charge is 0.249 e. The predicted molar refractivity (Wildman–Crippen MR) is 66.2 cm³/mol. The number of carbonyl (C=O) groups is 1. The minimum Gasteiger partial charge on any atom is -0.367 e. The Morgan fingerprint density at radius 3 is 2.44 bits per heavy atom. The molecule has 0 saturated heterocycles. The van der Waals surface area contributed by atoms with Crippen LogP contribution in [0.1, 0.15) is 47.5 Å². The first-order valence-electron chi connectivity index (χ1n) is 6.03. The van der Waals surface area contributed by atoms with E-state index >= 15 is 0 Å². The van der Waals surface area contributed by atoms with Crippen molar-refractivity contribution in [3.8, 4) is 0 Å². The lowest BCUT2D eigenvalue weighted by Gasteiger charge is -2.25. The highest BCUT2D eigenvalue weighted by Gasteiger charge is 2.21. The maximum absolute atomic E-state index is 11.6. The molecule has 0 aliphatic heterocycles. The Balaban J connectivity index is 3.97. The Labute approximate surface area is 98.9 Å². The lowest BCUT2D eigenvalue weighted by molar-refractivity contribution is -0.133. The molecule has 0 aliphatic rings. The maximum Gasteiger partial charge on any atom is 0.249 e. The highest BCUT2D eigenvalue weighted by Crippen LogP contribution is 2.07. The summed E-state index contributed by atoms with van der Waals surface area (Å²) in [6.45, 7) is 10.1. The van der Waals surface area contributed by atoms with Crippen LogP contribution >= 0.6 is 0 Å². The average molecular weight is 230 g/mol. The van der Waals surface area contributed by atoms with Crippen molar-refractivity contribution in [3.05, 3.63) is 0 Å². The average Bonchev–Trinajstić information content (AvgIpc) is 2.25. The van der Waals surface area contributed by atoms with Crippen LogP contribution in [0.5, 0.6) is 0 Å². The van der Waals surface area contributed by atoms with E-state index in [2.05, 4.69) is 5.32 Å². The fourth-order valence-electron chi connectivity index (χ4n) is 0.955. The SMILES string of the molecule is CCC(C)NC(=O)C(C)OCC(C)(N)CC. The highest BCUT2D eigenvalue weighted by atomic mass is 16.5. The molecule has 0 saturated carbocycles. The van der Waals surface area contributed by atoms with Gasteiger partial charge in [-0.05, 0) is 33.6 Å². The van der Waals surface area contributed by atoms with E-state index in [1.165, 1.54) is 0 Å². The predicted octanol–water partition coefficient (Wildman–Crippen LogP) is 1.43. The minimum atomic E-state index is -0.441. The molecule has 16 heavy (non-hydrogen) atoms. The van der Waals surface area contributed by atoms with Gasteiger partial charge in [-0.2, -0.15) is 0 Å². The van der Waals surface area contributed by atoms with Gasteiger partial charge in [-0.15, -0.1) is 0 Å². The van der Waals surface area contributed by atoms with Gasteiger partial charge in [-0.3, -0.25) is 4.79 Å². The summed E-state index contributed by atoms with van der Waals surface area (Å²) in [6, 6.07) is 0.189. The molecule has 0 rings (SSSR count). The van der Waals surface area contributed by atoms with Gasteiger partial charge in [0, 0.05) is 11.6 Å². The van der Waals surface area contributed by atoms with Crippen LogP contribution < -0.4 is 11.1 Å². The Hall–Kier alpha value is -0.610. The van der Waals surface area contributed by atoms with Gasteiger partial charge >= 0.3 is 0 Å². The van der Waals surface area contributed by atoms with Gasteiger partial charge in [0.1, 0.15) is 6.10 Å². The van der Waals surface area contributed by atoms with Crippen molar-refractivity contribution < 1.29 is 9.53 Å². The molecule has 3 atom stereocenters. The third-order valence-electron chi connectivity index (χ3n) is 2.84. The normalized spacial score (nSPS) is 18.6. The second kappa shape index (κ2) is 6.86. The lowest BCUT2D eigenvalue weighted by Crippen LogP contribution is -2.45. The van der Waals surface area contributed by atoms with Gasteiger partial charge in [-0.1, -0.05) is 13.8 Å². The zero-order valence-corrected chi connectivity index (χ0v) is 11.2. The molecule has 0 aromatic carbocycles. The topological polar surface area (TPSA) is 64.3 Å². The molecule has 3 N–H and O–H groups in total. The van der Waals surface area contributed by atoms with Crippen LogP contribution in [0.4, 0.5) is 0 Å². The Morgan fingerprint density at radius 1 is 1.44 bits per heavy atom. The quantitative estimate of drug-likeness (QED) is 0.695.